The Morgan fingerprint density at radius 3 is 2.38 bits per heavy atom. The minimum atomic E-state index is -0.334. The minimum Gasteiger partial charge on any atom is -0.348 e. The molecule has 0 N–H and O–H groups in total. The van der Waals surface area contributed by atoms with Gasteiger partial charge in [-0.05, 0) is 18.6 Å². The fourth-order valence-electron chi connectivity index (χ4n) is 2.48. The molecular weight excluding hydrogens is 318 g/mol. The van der Waals surface area contributed by atoms with E-state index in [1.54, 1.807) is 19.0 Å². The molecule has 0 radical (unpaired) electrons. The number of rotatable bonds is 4. The van der Waals surface area contributed by atoms with E-state index in [-0.39, 0.29) is 11.2 Å². The summed E-state index contributed by atoms with van der Waals surface area (Å²) in [6.07, 6.45) is 0. The van der Waals surface area contributed by atoms with Gasteiger partial charge in [0.1, 0.15) is 16.1 Å². The van der Waals surface area contributed by atoms with E-state index in [9.17, 15) is 4.79 Å². The Morgan fingerprint density at radius 1 is 1.00 bits per heavy atom. The van der Waals surface area contributed by atoms with Crippen LogP contribution in [0.3, 0.4) is 0 Å². The second-order valence-electron chi connectivity index (χ2n) is 5.73. The average molecular weight is 337 g/mol. The van der Waals surface area contributed by atoms with E-state index in [0.717, 1.165) is 21.5 Å². The summed E-state index contributed by atoms with van der Waals surface area (Å²) in [4.78, 5) is 23.4. The Hall–Kier alpha value is -2.40. The number of aryl methyl sites for hydroxylation is 1. The van der Waals surface area contributed by atoms with Crippen LogP contribution in [0.1, 0.15) is 16.6 Å². The molecule has 1 aromatic heterocycles. The first-order chi connectivity index (χ1) is 11.6. The molecule has 3 rings (SSSR count). The highest BCUT2D eigenvalue weighted by atomic mass is 32.2. The number of benzene rings is 2. The number of likely N-dealkylation sites (N-methyl/N-ethyl adjacent to an activating group) is 1. The quantitative estimate of drug-likeness (QED) is 0.536. The number of nitrogens with zero attached hydrogens (tertiary/aromatic N) is 3. The SMILES string of the molecule is Cc1nc(S[C@H](C(=O)N(C)C)c2ccccc2)c2ccccc2n1. The number of carbonyl (C=O) groups excluding carboxylic acids is 1. The Morgan fingerprint density at radius 2 is 1.67 bits per heavy atom. The summed E-state index contributed by atoms with van der Waals surface area (Å²) in [5.74, 6) is 0.756. The largest absolute Gasteiger partial charge is 0.348 e. The van der Waals surface area contributed by atoms with Crippen molar-refractivity contribution < 1.29 is 4.79 Å². The molecule has 1 heterocycles. The summed E-state index contributed by atoms with van der Waals surface area (Å²) in [5, 5.41) is 1.47. The first kappa shape index (κ1) is 16.5. The van der Waals surface area contributed by atoms with E-state index in [1.165, 1.54) is 11.8 Å². The molecule has 0 saturated heterocycles. The highest BCUT2D eigenvalue weighted by molar-refractivity contribution is 8.00. The molecule has 2 aromatic carbocycles. The van der Waals surface area contributed by atoms with Crippen molar-refractivity contribution in [2.45, 2.75) is 17.2 Å². The van der Waals surface area contributed by atoms with Crippen LogP contribution < -0.4 is 0 Å². The number of aromatic nitrogens is 2. The van der Waals surface area contributed by atoms with Crippen molar-refractivity contribution in [2.75, 3.05) is 14.1 Å². The zero-order valence-corrected chi connectivity index (χ0v) is 14.7. The predicted octanol–water partition coefficient (Wildman–Crippen LogP) is 3.86. The fraction of sp³-hybridized carbons (Fsp3) is 0.211. The summed E-state index contributed by atoms with van der Waals surface area (Å²) >= 11 is 1.48. The van der Waals surface area contributed by atoms with Crippen LogP contribution in [0.15, 0.2) is 59.6 Å². The van der Waals surface area contributed by atoms with Crippen LogP contribution in [0, 0.1) is 6.92 Å². The van der Waals surface area contributed by atoms with Gasteiger partial charge < -0.3 is 4.90 Å². The lowest BCUT2D eigenvalue weighted by Gasteiger charge is -2.20. The van der Waals surface area contributed by atoms with E-state index >= 15 is 0 Å². The summed E-state index contributed by atoms with van der Waals surface area (Å²) in [6.45, 7) is 1.88. The lowest BCUT2D eigenvalue weighted by atomic mass is 10.1. The van der Waals surface area contributed by atoms with Gasteiger partial charge in [0.2, 0.25) is 5.91 Å². The number of fused-ring (bicyclic) bond motifs is 1. The van der Waals surface area contributed by atoms with Gasteiger partial charge in [0.25, 0.3) is 0 Å². The van der Waals surface area contributed by atoms with Gasteiger partial charge in [0.05, 0.1) is 5.52 Å². The van der Waals surface area contributed by atoms with Crippen LogP contribution >= 0.6 is 11.8 Å². The molecular formula is C19H19N3OS. The van der Waals surface area contributed by atoms with Gasteiger partial charge in [-0.3, -0.25) is 4.79 Å². The van der Waals surface area contributed by atoms with E-state index in [2.05, 4.69) is 9.97 Å². The highest BCUT2D eigenvalue weighted by Gasteiger charge is 2.25. The topological polar surface area (TPSA) is 46.1 Å². The molecule has 0 aliphatic heterocycles. The van der Waals surface area contributed by atoms with Crippen LogP contribution in [0.4, 0.5) is 0 Å². The van der Waals surface area contributed by atoms with E-state index in [4.69, 9.17) is 0 Å². The lowest BCUT2D eigenvalue weighted by molar-refractivity contribution is -0.128. The maximum atomic E-state index is 12.7. The Labute approximate surface area is 145 Å². The maximum absolute atomic E-state index is 12.7. The smallest absolute Gasteiger partial charge is 0.240 e. The van der Waals surface area contributed by atoms with Crippen molar-refractivity contribution in [3.63, 3.8) is 0 Å². The molecule has 0 aliphatic rings. The number of amides is 1. The molecule has 3 aromatic rings. The molecule has 24 heavy (non-hydrogen) atoms. The first-order valence-corrected chi connectivity index (χ1v) is 8.60. The molecule has 0 unspecified atom stereocenters. The van der Waals surface area contributed by atoms with Gasteiger partial charge in [0.15, 0.2) is 0 Å². The van der Waals surface area contributed by atoms with Crippen LogP contribution in [0.25, 0.3) is 10.9 Å². The average Bonchev–Trinajstić information content (AvgIpc) is 2.59. The molecule has 5 heteroatoms. The number of thioether (sulfide) groups is 1. The highest BCUT2D eigenvalue weighted by Crippen LogP contribution is 2.38. The first-order valence-electron chi connectivity index (χ1n) is 7.72. The number of hydrogen-bond acceptors (Lipinski definition) is 4. The number of para-hydroxylation sites is 1. The summed E-state index contributed by atoms with van der Waals surface area (Å²) in [6, 6.07) is 17.7. The summed E-state index contributed by atoms with van der Waals surface area (Å²) in [7, 11) is 3.56. The van der Waals surface area contributed by atoms with Gasteiger partial charge in [0, 0.05) is 19.5 Å². The van der Waals surface area contributed by atoms with Crippen LogP contribution in [0.5, 0.6) is 0 Å². The fourth-order valence-corrected chi connectivity index (χ4v) is 3.80. The molecule has 0 fully saturated rings. The monoisotopic (exact) mass is 337 g/mol. The van der Waals surface area contributed by atoms with Crippen molar-refractivity contribution in [1.29, 1.82) is 0 Å². The van der Waals surface area contributed by atoms with Gasteiger partial charge >= 0.3 is 0 Å². The number of carbonyl (C=O) groups is 1. The molecule has 0 saturated carbocycles. The van der Waals surface area contributed by atoms with Crippen LogP contribution in [0.2, 0.25) is 0 Å². The van der Waals surface area contributed by atoms with Crippen LogP contribution in [-0.2, 0) is 4.79 Å². The molecule has 0 bridgehead atoms. The molecule has 0 aliphatic carbocycles. The Kier molecular flexibility index (Phi) is 4.81. The van der Waals surface area contributed by atoms with Crippen molar-refractivity contribution >= 4 is 28.6 Å². The second kappa shape index (κ2) is 7.01. The van der Waals surface area contributed by atoms with Gasteiger partial charge in [-0.25, -0.2) is 9.97 Å². The summed E-state index contributed by atoms with van der Waals surface area (Å²) in [5.41, 5.74) is 1.87. The third-order valence-electron chi connectivity index (χ3n) is 3.68. The van der Waals surface area contributed by atoms with E-state index in [1.807, 2.05) is 61.5 Å². The molecule has 1 atom stereocenters. The lowest BCUT2D eigenvalue weighted by Crippen LogP contribution is -2.26. The van der Waals surface area contributed by atoms with Gasteiger partial charge in [-0.2, -0.15) is 0 Å². The molecule has 122 valence electrons. The third kappa shape index (κ3) is 3.41. The van der Waals surface area contributed by atoms with Crippen molar-refractivity contribution in [1.82, 2.24) is 14.9 Å². The molecule has 1 amide bonds. The van der Waals surface area contributed by atoms with Crippen molar-refractivity contribution in [3.05, 3.63) is 66.0 Å². The number of hydrogen-bond donors (Lipinski definition) is 0. The van der Waals surface area contributed by atoms with Crippen LogP contribution in [-0.4, -0.2) is 34.9 Å². The zero-order valence-electron chi connectivity index (χ0n) is 13.9. The van der Waals surface area contributed by atoms with Crippen molar-refractivity contribution in [2.24, 2.45) is 0 Å². The van der Waals surface area contributed by atoms with Crippen molar-refractivity contribution in [3.8, 4) is 0 Å². The third-order valence-corrected chi connectivity index (χ3v) is 4.92. The van der Waals surface area contributed by atoms with E-state index in [0.29, 0.717) is 5.82 Å². The van der Waals surface area contributed by atoms with Gasteiger partial charge in [-0.1, -0.05) is 60.3 Å². The second-order valence-corrected chi connectivity index (χ2v) is 6.83. The Bertz CT molecular complexity index is 865. The molecule has 4 nitrogen and oxygen atoms in total. The standard InChI is InChI=1S/C19H19N3OS/c1-13-20-16-12-8-7-11-15(16)18(21-13)24-17(19(23)22(2)3)14-9-5-4-6-10-14/h4-12,17H,1-3H3/t17-/m0/s1. The minimum absolute atomic E-state index is 0.0477. The normalized spacial score (nSPS) is 12.1. The maximum Gasteiger partial charge on any atom is 0.240 e. The van der Waals surface area contributed by atoms with E-state index < -0.39 is 0 Å². The summed E-state index contributed by atoms with van der Waals surface area (Å²) < 4.78 is 0. The predicted molar refractivity (Wildman–Crippen MR) is 98.0 cm³/mol. The zero-order chi connectivity index (χ0) is 17.1. The Balaban J connectivity index is 2.07. The van der Waals surface area contributed by atoms with Gasteiger partial charge in [-0.15, -0.1) is 0 Å². The molecule has 0 spiro atoms.